The Bertz CT molecular complexity index is 1690. The van der Waals surface area contributed by atoms with Gasteiger partial charge in [0.15, 0.2) is 11.6 Å². The lowest BCUT2D eigenvalue weighted by molar-refractivity contribution is 0.102. The minimum absolute atomic E-state index is 0.0304. The molecule has 2 aromatic heterocycles. The molecule has 4 aromatic rings. The van der Waals surface area contributed by atoms with E-state index in [1.807, 2.05) is 27.0 Å². The fourth-order valence-electron chi connectivity index (χ4n) is 4.83. The molecule has 1 aliphatic heterocycles. The fourth-order valence-corrected chi connectivity index (χ4v) is 4.83. The molecule has 1 saturated heterocycles. The molecule has 1 fully saturated rings. The van der Waals surface area contributed by atoms with Gasteiger partial charge in [0.25, 0.3) is 11.5 Å². The Labute approximate surface area is 243 Å². The third-order valence-electron chi connectivity index (χ3n) is 7.83. The molecule has 3 N–H and O–H groups in total. The molecule has 0 saturated carbocycles. The van der Waals surface area contributed by atoms with E-state index in [0.29, 0.717) is 16.9 Å². The Kier molecular flexibility index (Phi) is 7.98. The molecular formula is C31H36FN7O3. The molecule has 0 unspecified atom stereocenters. The highest BCUT2D eigenvalue weighted by molar-refractivity contribution is 6.05. The summed E-state index contributed by atoms with van der Waals surface area (Å²) in [4.78, 5) is 28.3. The Balaban J connectivity index is 1.41. The highest BCUT2D eigenvalue weighted by atomic mass is 19.1. The van der Waals surface area contributed by atoms with E-state index in [1.54, 1.807) is 48.0 Å². The number of aliphatic hydroxyl groups excluding tert-OH is 1. The molecule has 0 radical (unpaired) electrons. The third kappa shape index (κ3) is 5.83. The lowest BCUT2D eigenvalue weighted by Crippen LogP contribution is -2.36. The van der Waals surface area contributed by atoms with Crippen molar-refractivity contribution in [2.24, 2.45) is 14.1 Å². The van der Waals surface area contributed by atoms with Crippen LogP contribution >= 0.6 is 0 Å². The van der Waals surface area contributed by atoms with Crippen molar-refractivity contribution >= 4 is 23.1 Å². The fraction of sp³-hybridized carbons (Fsp3) is 0.355. The number of likely N-dealkylation sites (tertiary alicyclic amines) is 1. The molecule has 3 heterocycles. The summed E-state index contributed by atoms with van der Waals surface area (Å²) in [6, 6.07) is 13.5. The zero-order valence-corrected chi connectivity index (χ0v) is 24.5. The van der Waals surface area contributed by atoms with Gasteiger partial charge < -0.3 is 15.7 Å². The quantitative estimate of drug-likeness (QED) is 0.276. The van der Waals surface area contributed by atoms with Gasteiger partial charge >= 0.3 is 0 Å². The number of anilines is 3. The van der Waals surface area contributed by atoms with Crippen LogP contribution in [0.3, 0.4) is 0 Å². The number of hydrogen-bond acceptors (Lipinski definition) is 7. The number of rotatable bonds is 9. The first kappa shape index (κ1) is 29.2. The van der Waals surface area contributed by atoms with Gasteiger partial charge in [0.1, 0.15) is 5.69 Å². The van der Waals surface area contributed by atoms with Crippen LogP contribution in [-0.2, 0) is 26.1 Å². The van der Waals surface area contributed by atoms with Gasteiger partial charge in [-0.25, -0.2) is 9.07 Å². The summed E-state index contributed by atoms with van der Waals surface area (Å²) in [5.41, 5.74) is 2.54. The van der Waals surface area contributed by atoms with Crippen LogP contribution in [0.5, 0.6) is 0 Å². The Morgan fingerprint density at radius 1 is 1.05 bits per heavy atom. The van der Waals surface area contributed by atoms with Gasteiger partial charge in [-0.05, 0) is 61.8 Å². The highest BCUT2D eigenvalue weighted by Gasteiger charge is 2.22. The van der Waals surface area contributed by atoms with Crippen LogP contribution in [0.2, 0.25) is 0 Å². The van der Waals surface area contributed by atoms with Crippen molar-refractivity contribution in [1.29, 1.82) is 0 Å². The second-order valence-electron chi connectivity index (χ2n) is 11.5. The predicted molar refractivity (Wildman–Crippen MR) is 161 cm³/mol. The van der Waals surface area contributed by atoms with E-state index in [-0.39, 0.29) is 34.8 Å². The van der Waals surface area contributed by atoms with Crippen molar-refractivity contribution in [3.05, 3.63) is 87.1 Å². The number of halogens is 1. The molecule has 1 amide bonds. The van der Waals surface area contributed by atoms with Crippen LogP contribution < -0.4 is 16.2 Å². The number of nitrogens with one attached hydrogen (secondary N) is 2. The van der Waals surface area contributed by atoms with Crippen molar-refractivity contribution in [3.8, 4) is 11.3 Å². The van der Waals surface area contributed by atoms with Crippen LogP contribution in [0, 0.1) is 12.7 Å². The van der Waals surface area contributed by atoms with Gasteiger partial charge in [0.2, 0.25) is 0 Å². The zero-order valence-electron chi connectivity index (χ0n) is 24.5. The van der Waals surface area contributed by atoms with Crippen LogP contribution in [0.1, 0.15) is 47.4 Å². The maximum atomic E-state index is 16.0. The summed E-state index contributed by atoms with van der Waals surface area (Å²) in [5.74, 6) is -0.622. The molecule has 2 aromatic carbocycles. The number of nitrogens with zero attached hydrogens (tertiary/aromatic N) is 5. The summed E-state index contributed by atoms with van der Waals surface area (Å²) in [5, 5.41) is 24.2. The van der Waals surface area contributed by atoms with E-state index in [9.17, 15) is 14.7 Å². The van der Waals surface area contributed by atoms with Crippen LogP contribution in [0.15, 0.2) is 53.3 Å². The lowest BCUT2D eigenvalue weighted by Gasteiger charge is -2.30. The molecule has 0 aliphatic carbocycles. The molecule has 11 heteroatoms. The molecule has 0 atom stereocenters. The van der Waals surface area contributed by atoms with E-state index >= 15 is 4.39 Å². The number of aromatic nitrogens is 4. The Hall–Kier alpha value is -4.35. The van der Waals surface area contributed by atoms with E-state index < -0.39 is 17.1 Å². The first-order valence-electron chi connectivity index (χ1n) is 13.9. The zero-order chi connectivity index (χ0) is 30.2. The second kappa shape index (κ2) is 11.5. The maximum Gasteiger partial charge on any atom is 0.290 e. The number of hydrogen-bond donors (Lipinski definition) is 3. The molecule has 1 aliphatic rings. The minimum Gasteiger partial charge on any atom is -0.395 e. The van der Waals surface area contributed by atoms with Gasteiger partial charge in [-0.2, -0.15) is 10.2 Å². The lowest BCUT2D eigenvalue weighted by atomic mass is 9.85. The number of benzene rings is 2. The summed E-state index contributed by atoms with van der Waals surface area (Å²) in [7, 11) is 3.36. The first-order chi connectivity index (χ1) is 20.0. The first-order valence-corrected chi connectivity index (χ1v) is 13.9. The average molecular weight is 574 g/mol. The third-order valence-corrected chi connectivity index (χ3v) is 7.83. The number of aliphatic hydroxyl groups is 1. The van der Waals surface area contributed by atoms with Crippen molar-refractivity contribution < 1.29 is 14.3 Å². The number of aryl methyl sites for hydroxylation is 3. The largest absolute Gasteiger partial charge is 0.395 e. The smallest absolute Gasteiger partial charge is 0.290 e. The number of carbonyl (C=O) groups is 1. The predicted octanol–water partition coefficient (Wildman–Crippen LogP) is 4.10. The standard InChI is InChI=1S/C31H36FN7O3/c1-19-7-12-23(27(32)28(19)34-29(41)20-8-10-21(11-9-20)31(2,3)18-40)24-16-25(30(42)38(5)35-24)33-26-15-22(37(4)36-26)17-39-13-6-14-39/h7-12,15-16,40H,6,13-14,17-18H2,1-5H3,(H,33,36)(H,34,41). The van der Waals surface area contributed by atoms with E-state index in [4.69, 9.17) is 0 Å². The van der Waals surface area contributed by atoms with Gasteiger partial charge in [0, 0.05) is 43.2 Å². The summed E-state index contributed by atoms with van der Waals surface area (Å²) >= 11 is 0. The molecular weight excluding hydrogens is 537 g/mol. The van der Waals surface area contributed by atoms with E-state index in [1.165, 1.54) is 19.5 Å². The van der Waals surface area contributed by atoms with Crippen molar-refractivity contribution in [2.75, 3.05) is 30.3 Å². The van der Waals surface area contributed by atoms with E-state index in [0.717, 1.165) is 35.6 Å². The second-order valence-corrected chi connectivity index (χ2v) is 11.5. The monoisotopic (exact) mass is 573 g/mol. The molecule has 42 heavy (non-hydrogen) atoms. The summed E-state index contributed by atoms with van der Waals surface area (Å²) < 4.78 is 18.9. The van der Waals surface area contributed by atoms with Crippen molar-refractivity contribution in [2.45, 2.75) is 39.2 Å². The topological polar surface area (TPSA) is 117 Å². The van der Waals surface area contributed by atoms with Gasteiger partial charge in [-0.1, -0.05) is 32.0 Å². The number of carbonyl (C=O) groups excluding carboxylic acids is 1. The van der Waals surface area contributed by atoms with Crippen molar-refractivity contribution in [1.82, 2.24) is 24.5 Å². The Morgan fingerprint density at radius 3 is 2.40 bits per heavy atom. The molecule has 5 rings (SSSR count). The number of amides is 1. The van der Waals surface area contributed by atoms with Crippen molar-refractivity contribution in [3.63, 3.8) is 0 Å². The van der Waals surface area contributed by atoms with Crippen LogP contribution in [0.25, 0.3) is 11.3 Å². The van der Waals surface area contributed by atoms with E-state index in [2.05, 4.69) is 25.7 Å². The SMILES string of the molecule is Cc1ccc(-c2cc(Nc3cc(CN4CCC4)n(C)n3)c(=O)n(C)n2)c(F)c1NC(=O)c1ccc(C(C)(C)CO)cc1. The molecule has 10 nitrogen and oxygen atoms in total. The average Bonchev–Trinajstić information content (AvgIpc) is 3.29. The molecule has 0 spiro atoms. The maximum absolute atomic E-state index is 16.0. The van der Waals surface area contributed by atoms with Gasteiger partial charge in [-0.15, -0.1) is 0 Å². The van der Waals surface area contributed by atoms with Gasteiger partial charge in [-0.3, -0.25) is 19.2 Å². The molecule has 0 bridgehead atoms. The Morgan fingerprint density at radius 2 is 1.76 bits per heavy atom. The summed E-state index contributed by atoms with van der Waals surface area (Å²) in [6.07, 6.45) is 1.19. The molecule has 220 valence electrons. The van der Waals surface area contributed by atoms with Crippen LogP contribution in [0.4, 0.5) is 21.6 Å². The van der Waals surface area contributed by atoms with Crippen LogP contribution in [-0.4, -0.2) is 55.2 Å². The summed E-state index contributed by atoms with van der Waals surface area (Å²) in [6.45, 7) is 8.37. The normalized spacial score (nSPS) is 13.6. The minimum atomic E-state index is -0.659. The van der Waals surface area contributed by atoms with Gasteiger partial charge in [0.05, 0.1) is 23.7 Å². The highest BCUT2D eigenvalue weighted by Crippen LogP contribution is 2.31.